The van der Waals surface area contributed by atoms with Gasteiger partial charge in [-0.05, 0) is 42.5 Å². The van der Waals surface area contributed by atoms with E-state index in [0.29, 0.717) is 0 Å². The first-order chi connectivity index (χ1) is 11.3. The van der Waals surface area contributed by atoms with Gasteiger partial charge in [0.05, 0.1) is 5.39 Å². The van der Waals surface area contributed by atoms with Crippen LogP contribution in [0.4, 0.5) is 5.82 Å². The maximum Gasteiger partial charge on any atom is 0.138 e. The molecule has 0 spiro atoms. The summed E-state index contributed by atoms with van der Waals surface area (Å²) >= 11 is 1.63. The molecule has 4 heteroatoms. The minimum absolute atomic E-state index is 0.232. The number of aromatic nitrogens is 2. The van der Waals surface area contributed by atoms with Crippen molar-refractivity contribution >= 4 is 27.4 Å². The van der Waals surface area contributed by atoms with Crippen LogP contribution >= 0.6 is 11.3 Å². The van der Waals surface area contributed by atoms with E-state index in [-0.39, 0.29) is 6.04 Å². The monoisotopic (exact) mass is 321 g/mol. The van der Waals surface area contributed by atoms with E-state index in [1.54, 1.807) is 17.7 Å². The molecule has 0 aliphatic carbocycles. The average molecular weight is 321 g/mol. The van der Waals surface area contributed by atoms with Crippen LogP contribution in [-0.2, 0) is 6.42 Å². The highest BCUT2D eigenvalue weighted by molar-refractivity contribution is 7.16. The van der Waals surface area contributed by atoms with Crippen LogP contribution in [0.3, 0.4) is 0 Å². The number of hydrogen-bond donors (Lipinski definition) is 1. The van der Waals surface area contributed by atoms with Gasteiger partial charge in [0, 0.05) is 18.0 Å². The topological polar surface area (TPSA) is 37.8 Å². The minimum atomic E-state index is 0.232. The quantitative estimate of drug-likeness (QED) is 0.719. The van der Waals surface area contributed by atoms with Crippen LogP contribution in [0.15, 0.2) is 42.0 Å². The summed E-state index contributed by atoms with van der Waals surface area (Å²) < 4.78 is 0. The minimum Gasteiger partial charge on any atom is -0.366 e. The number of hydrogen-bond acceptors (Lipinski definition) is 4. The first-order valence-electron chi connectivity index (χ1n) is 7.79. The molecule has 1 N–H and O–H groups in total. The fraction of sp³-hybridized carbons (Fsp3) is 0.263. The Morgan fingerprint density at radius 3 is 2.78 bits per heavy atom. The molecule has 1 unspecified atom stereocenters. The molecule has 3 nitrogen and oxygen atoms in total. The van der Waals surface area contributed by atoms with Crippen LogP contribution in [0, 0.1) is 11.8 Å². The molecule has 116 valence electrons. The van der Waals surface area contributed by atoms with Crippen molar-refractivity contribution in [3.05, 3.63) is 53.2 Å². The Balaban J connectivity index is 1.62. The Morgan fingerprint density at radius 2 is 2.00 bits per heavy atom. The van der Waals surface area contributed by atoms with E-state index in [9.17, 15) is 0 Å². The summed E-state index contributed by atoms with van der Waals surface area (Å²) in [6.07, 6.45) is 3.44. The molecule has 0 aliphatic rings. The summed E-state index contributed by atoms with van der Waals surface area (Å²) in [7, 11) is 0. The third kappa shape index (κ3) is 3.88. The molecule has 1 aromatic carbocycles. The van der Waals surface area contributed by atoms with E-state index in [0.717, 1.165) is 34.4 Å². The Hall–Kier alpha value is -2.38. The summed E-state index contributed by atoms with van der Waals surface area (Å²) in [4.78, 5) is 9.62. The fourth-order valence-corrected chi connectivity index (χ4v) is 3.05. The van der Waals surface area contributed by atoms with Crippen molar-refractivity contribution in [1.29, 1.82) is 0 Å². The lowest BCUT2D eigenvalue weighted by atomic mass is 10.1. The van der Waals surface area contributed by atoms with Gasteiger partial charge in [-0.15, -0.1) is 11.3 Å². The highest BCUT2D eigenvalue weighted by Gasteiger charge is 2.07. The molecule has 0 amide bonds. The highest BCUT2D eigenvalue weighted by Crippen LogP contribution is 2.24. The molecule has 0 aliphatic heterocycles. The largest absolute Gasteiger partial charge is 0.366 e. The molecule has 0 fully saturated rings. The number of thiophene rings is 1. The van der Waals surface area contributed by atoms with Gasteiger partial charge in [0.25, 0.3) is 0 Å². The van der Waals surface area contributed by atoms with Crippen LogP contribution in [0.25, 0.3) is 10.2 Å². The van der Waals surface area contributed by atoms with Crippen LogP contribution in [0.1, 0.15) is 31.4 Å². The zero-order valence-corrected chi connectivity index (χ0v) is 14.2. The number of fused-ring (bicyclic) bond motifs is 1. The van der Waals surface area contributed by atoms with Gasteiger partial charge in [-0.3, -0.25) is 0 Å². The van der Waals surface area contributed by atoms with Gasteiger partial charge in [0.1, 0.15) is 17.0 Å². The third-order valence-corrected chi connectivity index (χ3v) is 4.47. The van der Waals surface area contributed by atoms with Crippen LogP contribution < -0.4 is 5.32 Å². The van der Waals surface area contributed by atoms with Gasteiger partial charge in [-0.25, -0.2) is 9.97 Å². The van der Waals surface area contributed by atoms with Crippen molar-refractivity contribution in [3.63, 3.8) is 0 Å². The van der Waals surface area contributed by atoms with Gasteiger partial charge < -0.3 is 5.32 Å². The van der Waals surface area contributed by atoms with Crippen molar-refractivity contribution in [2.75, 3.05) is 5.32 Å². The molecular formula is C19H19N3S. The number of anilines is 1. The van der Waals surface area contributed by atoms with Crippen molar-refractivity contribution in [3.8, 4) is 11.8 Å². The molecule has 3 rings (SSSR count). The summed E-state index contributed by atoms with van der Waals surface area (Å²) in [5, 5.41) is 6.54. The Kier molecular flexibility index (Phi) is 4.89. The zero-order chi connectivity index (χ0) is 16.1. The highest BCUT2D eigenvalue weighted by atomic mass is 32.1. The second kappa shape index (κ2) is 7.26. The molecule has 0 saturated heterocycles. The Morgan fingerprint density at radius 1 is 1.17 bits per heavy atom. The van der Waals surface area contributed by atoms with E-state index in [1.807, 2.05) is 5.38 Å². The lowest BCUT2D eigenvalue weighted by molar-refractivity contribution is 0.822. The predicted octanol–water partition coefficient (Wildman–Crippen LogP) is 4.50. The summed E-state index contributed by atoms with van der Waals surface area (Å²) in [5.74, 6) is 7.36. The molecular weight excluding hydrogens is 302 g/mol. The second-order valence-electron chi connectivity index (χ2n) is 5.46. The van der Waals surface area contributed by atoms with Crippen molar-refractivity contribution < 1.29 is 0 Å². The molecule has 2 heterocycles. The SMILES string of the molecule is CCc1ccc(C#CCC(C)Nc2ncnc3sccc23)cc1. The third-order valence-electron chi connectivity index (χ3n) is 3.65. The van der Waals surface area contributed by atoms with E-state index < -0.39 is 0 Å². The maximum atomic E-state index is 4.34. The zero-order valence-electron chi connectivity index (χ0n) is 13.3. The van der Waals surface area contributed by atoms with E-state index in [4.69, 9.17) is 0 Å². The van der Waals surface area contributed by atoms with Crippen LogP contribution in [0.2, 0.25) is 0 Å². The first-order valence-corrected chi connectivity index (χ1v) is 8.66. The normalized spacial score (nSPS) is 11.7. The summed E-state index contributed by atoms with van der Waals surface area (Å²) in [5.41, 5.74) is 2.41. The van der Waals surface area contributed by atoms with Gasteiger partial charge in [0.15, 0.2) is 0 Å². The smallest absolute Gasteiger partial charge is 0.138 e. The molecule has 0 saturated carbocycles. The van der Waals surface area contributed by atoms with Crippen molar-refractivity contribution in [2.45, 2.75) is 32.7 Å². The lowest BCUT2D eigenvalue weighted by Gasteiger charge is -2.11. The van der Waals surface area contributed by atoms with Gasteiger partial charge >= 0.3 is 0 Å². The number of benzene rings is 1. The van der Waals surface area contributed by atoms with E-state index >= 15 is 0 Å². The van der Waals surface area contributed by atoms with Crippen molar-refractivity contribution in [1.82, 2.24) is 9.97 Å². The molecule has 23 heavy (non-hydrogen) atoms. The predicted molar refractivity (Wildman–Crippen MR) is 97.8 cm³/mol. The van der Waals surface area contributed by atoms with Gasteiger partial charge in [-0.2, -0.15) is 0 Å². The van der Waals surface area contributed by atoms with Crippen LogP contribution in [-0.4, -0.2) is 16.0 Å². The molecule has 0 radical (unpaired) electrons. The fourth-order valence-electron chi connectivity index (χ4n) is 2.32. The van der Waals surface area contributed by atoms with Crippen molar-refractivity contribution in [2.24, 2.45) is 0 Å². The summed E-state index contributed by atoms with van der Waals surface area (Å²) in [6, 6.07) is 10.7. The van der Waals surface area contributed by atoms with Crippen LogP contribution in [0.5, 0.6) is 0 Å². The second-order valence-corrected chi connectivity index (χ2v) is 6.36. The first kappa shape index (κ1) is 15.5. The number of nitrogens with one attached hydrogen (secondary N) is 1. The number of rotatable bonds is 4. The number of nitrogens with zero attached hydrogens (tertiary/aromatic N) is 2. The van der Waals surface area contributed by atoms with Gasteiger partial charge in [0.2, 0.25) is 0 Å². The standard InChI is InChI=1S/C19H19N3S/c1-3-15-7-9-16(10-8-15)6-4-5-14(2)22-18-17-11-12-23-19(17)21-13-20-18/h7-14H,3,5H2,1-2H3,(H,20,21,22). The Labute approximate surface area is 140 Å². The summed E-state index contributed by atoms with van der Waals surface area (Å²) in [6.45, 7) is 4.28. The Bertz CT molecular complexity index is 840. The molecule has 2 aromatic heterocycles. The van der Waals surface area contributed by atoms with E-state index in [2.05, 4.69) is 71.3 Å². The molecule has 1 atom stereocenters. The average Bonchev–Trinajstić information content (AvgIpc) is 3.05. The van der Waals surface area contributed by atoms with Gasteiger partial charge in [-0.1, -0.05) is 30.9 Å². The maximum absolute atomic E-state index is 4.34. The molecule has 3 aromatic rings. The van der Waals surface area contributed by atoms with E-state index in [1.165, 1.54) is 5.56 Å². The lowest BCUT2D eigenvalue weighted by Crippen LogP contribution is -2.15. The molecule has 0 bridgehead atoms. The number of aryl methyl sites for hydroxylation is 1.